The number of nitrogens with one attached hydrogen (secondary N) is 1. The van der Waals surface area contributed by atoms with Crippen molar-refractivity contribution in [1.29, 1.82) is 0 Å². The number of amides is 2. The third-order valence-corrected chi connectivity index (χ3v) is 2.64. The van der Waals surface area contributed by atoms with Crippen molar-refractivity contribution < 1.29 is 19.5 Å². The summed E-state index contributed by atoms with van der Waals surface area (Å²) in [5.41, 5.74) is 6.67. The molecule has 0 saturated carbocycles. The Morgan fingerprint density at radius 1 is 1.29 bits per heavy atom. The van der Waals surface area contributed by atoms with Crippen LogP contribution in [-0.4, -0.2) is 29.2 Å². The van der Waals surface area contributed by atoms with Gasteiger partial charge < -0.3 is 10.5 Å². The van der Waals surface area contributed by atoms with Gasteiger partial charge in [0.2, 0.25) is 11.8 Å². The molecule has 6 nitrogen and oxygen atoms in total. The number of primary amides is 1. The van der Waals surface area contributed by atoms with Gasteiger partial charge in [-0.3, -0.25) is 14.8 Å². The number of carbonyl (C=O) groups is 2. The topological polar surface area (TPSA) is 102 Å². The molecule has 1 saturated heterocycles. The Morgan fingerprint density at radius 2 is 1.86 bits per heavy atom. The van der Waals surface area contributed by atoms with E-state index in [4.69, 9.17) is 15.7 Å². The predicted molar refractivity (Wildman–Crippen MR) is 43.9 cm³/mol. The van der Waals surface area contributed by atoms with Crippen LogP contribution in [0.2, 0.25) is 0 Å². The van der Waals surface area contributed by atoms with Crippen LogP contribution in [0.25, 0.3) is 0 Å². The zero-order chi connectivity index (χ0) is 10.3. The van der Waals surface area contributed by atoms with E-state index in [1.807, 2.05) is 0 Å². The van der Waals surface area contributed by atoms with Crippen LogP contribution < -0.4 is 11.2 Å². The van der Waals surface area contributed by atoms with E-state index in [-0.39, 0.29) is 0 Å². The summed E-state index contributed by atoms with van der Waals surface area (Å²) >= 11 is 0. The lowest BCUT2D eigenvalue weighted by Gasteiger charge is -2.19. The minimum Gasteiger partial charge on any atom is -0.369 e. The van der Waals surface area contributed by atoms with Crippen molar-refractivity contribution in [2.45, 2.75) is 12.2 Å². The molecule has 6 heteroatoms. The number of fused-ring (bicyclic) bond motifs is 2. The second kappa shape index (κ2) is 3.07. The number of rotatable bonds is 2. The lowest BCUT2D eigenvalue weighted by molar-refractivity contribution is -0.138. The van der Waals surface area contributed by atoms with Gasteiger partial charge in [-0.25, -0.2) is 5.48 Å². The van der Waals surface area contributed by atoms with Crippen molar-refractivity contribution in [2.24, 2.45) is 17.6 Å². The van der Waals surface area contributed by atoms with Crippen LogP contribution in [0.15, 0.2) is 12.2 Å². The highest BCUT2D eigenvalue weighted by molar-refractivity contribution is 5.88. The molecule has 4 atom stereocenters. The first-order valence-corrected chi connectivity index (χ1v) is 4.22. The number of hydrogen-bond donors (Lipinski definition) is 3. The van der Waals surface area contributed by atoms with E-state index in [2.05, 4.69) is 0 Å². The second-order valence-corrected chi connectivity index (χ2v) is 3.38. The fraction of sp³-hybridized carbons (Fsp3) is 0.500. The first-order valence-electron chi connectivity index (χ1n) is 4.22. The van der Waals surface area contributed by atoms with E-state index in [1.165, 1.54) is 5.48 Å². The molecule has 0 aromatic rings. The van der Waals surface area contributed by atoms with Crippen molar-refractivity contribution in [3.05, 3.63) is 12.2 Å². The standard InChI is InChI=1S/C8H10N2O4/c9-7(11)5-3-1-2-4(14-3)6(5)8(12)10-13/h1-6,13H,(H2,9,11)(H,10,12). The fourth-order valence-corrected chi connectivity index (χ4v) is 2.03. The normalized spacial score (nSPS) is 38.6. The molecule has 2 heterocycles. The summed E-state index contributed by atoms with van der Waals surface area (Å²) in [4.78, 5) is 22.3. The van der Waals surface area contributed by atoms with E-state index < -0.39 is 35.9 Å². The summed E-state index contributed by atoms with van der Waals surface area (Å²) in [5.74, 6) is -2.62. The summed E-state index contributed by atoms with van der Waals surface area (Å²) in [6.45, 7) is 0. The van der Waals surface area contributed by atoms with E-state index in [0.29, 0.717) is 0 Å². The molecule has 76 valence electrons. The van der Waals surface area contributed by atoms with Gasteiger partial charge in [0.15, 0.2) is 0 Å². The molecule has 2 bridgehead atoms. The van der Waals surface area contributed by atoms with Gasteiger partial charge >= 0.3 is 0 Å². The van der Waals surface area contributed by atoms with Crippen LogP contribution in [0.3, 0.4) is 0 Å². The molecule has 14 heavy (non-hydrogen) atoms. The van der Waals surface area contributed by atoms with Crippen LogP contribution in [0.1, 0.15) is 0 Å². The molecule has 0 aromatic heterocycles. The fourth-order valence-electron chi connectivity index (χ4n) is 2.03. The van der Waals surface area contributed by atoms with Crippen molar-refractivity contribution >= 4 is 11.8 Å². The Hall–Kier alpha value is -1.40. The number of nitrogens with two attached hydrogens (primary N) is 1. The minimum atomic E-state index is -0.715. The molecule has 2 aliphatic rings. The molecule has 0 spiro atoms. The van der Waals surface area contributed by atoms with Crippen molar-refractivity contribution in [2.75, 3.05) is 0 Å². The van der Waals surface area contributed by atoms with Crippen molar-refractivity contribution in [3.63, 3.8) is 0 Å². The van der Waals surface area contributed by atoms with E-state index in [9.17, 15) is 9.59 Å². The van der Waals surface area contributed by atoms with E-state index >= 15 is 0 Å². The predicted octanol–water partition coefficient (Wildman–Crippen LogP) is -1.45. The van der Waals surface area contributed by atoms with Gasteiger partial charge in [0.05, 0.1) is 24.0 Å². The summed E-state index contributed by atoms with van der Waals surface area (Å²) in [5, 5.41) is 8.49. The average Bonchev–Trinajstić information content (AvgIpc) is 2.74. The van der Waals surface area contributed by atoms with Gasteiger partial charge in [-0.05, 0) is 0 Å². The highest BCUT2D eigenvalue weighted by atomic mass is 16.5. The molecular weight excluding hydrogens is 188 g/mol. The minimum absolute atomic E-state index is 0.431. The van der Waals surface area contributed by atoms with Gasteiger partial charge in [-0.15, -0.1) is 0 Å². The largest absolute Gasteiger partial charge is 0.369 e. The number of hydroxylamine groups is 1. The van der Waals surface area contributed by atoms with Crippen LogP contribution in [0.4, 0.5) is 0 Å². The van der Waals surface area contributed by atoms with Crippen molar-refractivity contribution in [3.8, 4) is 0 Å². The SMILES string of the molecule is NC(=O)C1C2C=CC(O2)C1C(=O)NO. The third kappa shape index (κ3) is 1.11. The summed E-state index contributed by atoms with van der Waals surface area (Å²) in [7, 11) is 0. The smallest absolute Gasteiger partial charge is 0.250 e. The summed E-state index contributed by atoms with van der Waals surface area (Å²) in [6, 6.07) is 0. The average molecular weight is 198 g/mol. The Balaban J connectivity index is 2.26. The summed E-state index contributed by atoms with van der Waals surface area (Å²) < 4.78 is 5.30. The van der Waals surface area contributed by atoms with Gasteiger partial charge in [0, 0.05) is 0 Å². The lowest BCUT2D eigenvalue weighted by Crippen LogP contribution is -2.43. The maximum absolute atomic E-state index is 11.2. The van der Waals surface area contributed by atoms with Crippen LogP contribution in [0.5, 0.6) is 0 Å². The van der Waals surface area contributed by atoms with Crippen molar-refractivity contribution in [1.82, 2.24) is 5.48 Å². The number of carbonyl (C=O) groups excluding carboxylic acids is 2. The molecule has 2 rings (SSSR count). The molecule has 0 aliphatic carbocycles. The first kappa shape index (κ1) is 9.17. The highest BCUT2D eigenvalue weighted by Gasteiger charge is 2.52. The van der Waals surface area contributed by atoms with E-state index in [1.54, 1.807) is 12.2 Å². The van der Waals surface area contributed by atoms with Gasteiger partial charge in [-0.2, -0.15) is 0 Å². The molecule has 0 aromatic carbocycles. The molecule has 2 aliphatic heterocycles. The molecule has 2 amide bonds. The maximum Gasteiger partial charge on any atom is 0.250 e. The molecule has 0 radical (unpaired) electrons. The monoisotopic (exact) mass is 198 g/mol. The number of ether oxygens (including phenoxy) is 1. The van der Waals surface area contributed by atoms with Crippen LogP contribution in [0, 0.1) is 11.8 Å². The van der Waals surface area contributed by atoms with Gasteiger partial charge in [0.25, 0.3) is 0 Å². The molecular formula is C8H10N2O4. The maximum atomic E-state index is 11.2. The quantitative estimate of drug-likeness (QED) is 0.287. The lowest BCUT2D eigenvalue weighted by atomic mass is 9.82. The molecule has 4 N–H and O–H groups in total. The Bertz CT molecular complexity index is 314. The Labute approximate surface area is 79.7 Å². The van der Waals surface area contributed by atoms with Crippen LogP contribution >= 0.6 is 0 Å². The Morgan fingerprint density at radius 3 is 2.36 bits per heavy atom. The third-order valence-electron chi connectivity index (χ3n) is 2.64. The molecule has 1 fully saturated rings. The van der Waals surface area contributed by atoms with Crippen LogP contribution in [-0.2, 0) is 14.3 Å². The first-order chi connectivity index (χ1) is 6.65. The number of hydrogen-bond acceptors (Lipinski definition) is 4. The van der Waals surface area contributed by atoms with E-state index in [0.717, 1.165) is 0 Å². The second-order valence-electron chi connectivity index (χ2n) is 3.38. The Kier molecular flexibility index (Phi) is 2.01. The zero-order valence-corrected chi connectivity index (χ0v) is 7.21. The summed E-state index contributed by atoms with van der Waals surface area (Å²) in [6.07, 6.45) is 2.52. The molecule has 4 unspecified atom stereocenters. The van der Waals surface area contributed by atoms with Gasteiger partial charge in [-0.1, -0.05) is 12.2 Å². The highest BCUT2D eigenvalue weighted by Crippen LogP contribution is 2.38. The van der Waals surface area contributed by atoms with Gasteiger partial charge in [0.1, 0.15) is 0 Å². The zero-order valence-electron chi connectivity index (χ0n) is 7.21.